The van der Waals surface area contributed by atoms with Crippen LogP contribution in [0.4, 0.5) is 4.79 Å². The van der Waals surface area contributed by atoms with Gasteiger partial charge in [0.25, 0.3) is 11.8 Å². The summed E-state index contributed by atoms with van der Waals surface area (Å²) in [6.07, 6.45) is 1.76. The number of hydrogen-bond donors (Lipinski definition) is 0. The maximum atomic E-state index is 12.7. The van der Waals surface area contributed by atoms with Crippen LogP contribution in [0.25, 0.3) is 0 Å². The number of benzene rings is 1. The zero-order chi connectivity index (χ0) is 18.6. The molecule has 0 aromatic heterocycles. The standard InChI is InChI=1S/C20H24N2O4/c1-20(2,3)26-19(25)21-10-12-8-9-13(12)16(21)11-22-17(23)14-6-4-5-7-15(14)18(22)24/h4-7,12-13,16H,8-11H2,1-3H3/t12?,13?,16-/m1/s1. The summed E-state index contributed by atoms with van der Waals surface area (Å²) in [6, 6.07) is 6.73. The highest BCUT2D eigenvalue weighted by molar-refractivity contribution is 6.21. The molecule has 2 fully saturated rings. The van der Waals surface area contributed by atoms with E-state index in [1.54, 1.807) is 29.2 Å². The van der Waals surface area contributed by atoms with Crippen LogP contribution in [0.15, 0.2) is 24.3 Å². The first-order valence-corrected chi connectivity index (χ1v) is 9.21. The molecular formula is C20H24N2O4. The van der Waals surface area contributed by atoms with E-state index in [0.717, 1.165) is 12.8 Å². The summed E-state index contributed by atoms with van der Waals surface area (Å²) in [5.74, 6) is 0.254. The summed E-state index contributed by atoms with van der Waals surface area (Å²) in [5, 5.41) is 0. The van der Waals surface area contributed by atoms with Crippen molar-refractivity contribution in [2.45, 2.75) is 45.3 Å². The number of imide groups is 1. The molecule has 1 aromatic rings. The lowest BCUT2D eigenvalue weighted by atomic mass is 9.73. The molecule has 1 aromatic carbocycles. The van der Waals surface area contributed by atoms with E-state index in [-0.39, 0.29) is 30.5 Å². The molecule has 3 amide bonds. The number of nitrogens with zero attached hydrogens (tertiary/aromatic N) is 2. The van der Waals surface area contributed by atoms with Crippen molar-refractivity contribution in [3.8, 4) is 0 Å². The maximum absolute atomic E-state index is 12.7. The van der Waals surface area contributed by atoms with Gasteiger partial charge in [-0.05, 0) is 57.6 Å². The fourth-order valence-corrected chi connectivity index (χ4v) is 4.30. The quantitative estimate of drug-likeness (QED) is 0.764. The van der Waals surface area contributed by atoms with Gasteiger partial charge < -0.3 is 9.64 Å². The number of amides is 3. The van der Waals surface area contributed by atoms with Gasteiger partial charge in [-0.1, -0.05) is 12.1 Å². The zero-order valence-electron chi connectivity index (χ0n) is 15.4. The third-order valence-corrected chi connectivity index (χ3v) is 5.68. The predicted octanol–water partition coefficient (Wildman–Crippen LogP) is 2.93. The lowest BCUT2D eigenvalue weighted by Crippen LogP contribution is -2.49. The average molecular weight is 356 g/mol. The minimum atomic E-state index is -0.571. The van der Waals surface area contributed by atoms with Gasteiger partial charge in [-0.3, -0.25) is 14.5 Å². The van der Waals surface area contributed by atoms with Gasteiger partial charge in [-0.25, -0.2) is 4.79 Å². The fraction of sp³-hybridized carbons (Fsp3) is 0.550. The Morgan fingerprint density at radius 2 is 1.73 bits per heavy atom. The van der Waals surface area contributed by atoms with Crippen molar-refractivity contribution in [1.82, 2.24) is 9.80 Å². The molecule has 0 radical (unpaired) electrons. The molecule has 2 aliphatic heterocycles. The number of likely N-dealkylation sites (tertiary alicyclic amines) is 1. The van der Waals surface area contributed by atoms with Crippen LogP contribution >= 0.6 is 0 Å². The summed E-state index contributed by atoms with van der Waals surface area (Å²) in [7, 11) is 0. The monoisotopic (exact) mass is 356 g/mol. The number of carbonyl (C=O) groups excluding carboxylic acids is 3. The van der Waals surface area contributed by atoms with Crippen molar-refractivity contribution in [3.05, 3.63) is 35.4 Å². The Kier molecular flexibility index (Phi) is 3.82. The Morgan fingerprint density at radius 3 is 2.23 bits per heavy atom. The van der Waals surface area contributed by atoms with E-state index in [2.05, 4.69) is 0 Å². The second-order valence-electron chi connectivity index (χ2n) is 8.47. The van der Waals surface area contributed by atoms with Crippen molar-refractivity contribution in [3.63, 3.8) is 0 Å². The van der Waals surface area contributed by atoms with E-state index in [9.17, 15) is 14.4 Å². The second-order valence-corrected chi connectivity index (χ2v) is 8.47. The fourth-order valence-electron chi connectivity index (χ4n) is 4.30. The molecule has 0 bridgehead atoms. The highest BCUT2D eigenvalue weighted by Gasteiger charge is 2.51. The molecule has 2 unspecified atom stereocenters. The van der Waals surface area contributed by atoms with Crippen LogP contribution < -0.4 is 0 Å². The van der Waals surface area contributed by atoms with E-state index in [4.69, 9.17) is 4.74 Å². The van der Waals surface area contributed by atoms with Gasteiger partial charge in [0, 0.05) is 6.54 Å². The highest BCUT2D eigenvalue weighted by atomic mass is 16.6. The summed E-state index contributed by atoms with van der Waals surface area (Å²) < 4.78 is 5.55. The smallest absolute Gasteiger partial charge is 0.410 e. The van der Waals surface area contributed by atoms with Gasteiger partial charge in [0.05, 0.1) is 23.7 Å². The molecular weight excluding hydrogens is 332 g/mol. The van der Waals surface area contributed by atoms with Crippen LogP contribution in [-0.2, 0) is 4.74 Å². The number of ether oxygens (including phenoxy) is 1. The molecule has 138 valence electrons. The Morgan fingerprint density at radius 1 is 1.12 bits per heavy atom. The Labute approximate surface area is 153 Å². The van der Waals surface area contributed by atoms with Gasteiger partial charge in [-0.15, -0.1) is 0 Å². The molecule has 1 aliphatic carbocycles. The highest BCUT2D eigenvalue weighted by Crippen LogP contribution is 2.46. The predicted molar refractivity (Wildman–Crippen MR) is 94.8 cm³/mol. The van der Waals surface area contributed by atoms with Gasteiger partial charge in [-0.2, -0.15) is 0 Å². The number of rotatable bonds is 2. The Balaban J connectivity index is 1.55. The normalized spacial score (nSPS) is 27.3. The number of fused-ring (bicyclic) bond motifs is 2. The average Bonchev–Trinajstić information content (AvgIpc) is 2.92. The van der Waals surface area contributed by atoms with Crippen LogP contribution in [0.5, 0.6) is 0 Å². The van der Waals surface area contributed by atoms with Gasteiger partial charge in [0.1, 0.15) is 5.60 Å². The van der Waals surface area contributed by atoms with Crippen LogP contribution in [0.2, 0.25) is 0 Å². The third kappa shape index (κ3) is 2.68. The minimum absolute atomic E-state index is 0.161. The first kappa shape index (κ1) is 17.1. The van der Waals surface area contributed by atoms with Crippen molar-refractivity contribution < 1.29 is 19.1 Å². The molecule has 3 atom stereocenters. The molecule has 2 heterocycles. The van der Waals surface area contributed by atoms with Gasteiger partial charge in [0.2, 0.25) is 0 Å². The Bertz CT molecular complexity index is 747. The van der Waals surface area contributed by atoms with Crippen LogP contribution in [0.1, 0.15) is 54.3 Å². The van der Waals surface area contributed by atoms with Crippen LogP contribution in [-0.4, -0.2) is 52.4 Å². The first-order chi connectivity index (χ1) is 12.3. The molecule has 0 N–H and O–H groups in total. The molecule has 6 heteroatoms. The summed E-state index contributed by atoms with van der Waals surface area (Å²) in [6.45, 7) is 6.42. The summed E-state index contributed by atoms with van der Waals surface area (Å²) >= 11 is 0. The summed E-state index contributed by atoms with van der Waals surface area (Å²) in [4.78, 5) is 41.0. The van der Waals surface area contributed by atoms with E-state index < -0.39 is 5.60 Å². The van der Waals surface area contributed by atoms with Crippen LogP contribution in [0.3, 0.4) is 0 Å². The second kappa shape index (κ2) is 5.83. The Hall–Kier alpha value is -2.37. The van der Waals surface area contributed by atoms with Crippen molar-refractivity contribution in [2.24, 2.45) is 11.8 Å². The van der Waals surface area contributed by atoms with E-state index in [1.807, 2.05) is 20.8 Å². The van der Waals surface area contributed by atoms with E-state index in [1.165, 1.54) is 4.90 Å². The lowest BCUT2D eigenvalue weighted by molar-refractivity contribution is 0.0167. The van der Waals surface area contributed by atoms with Gasteiger partial charge >= 0.3 is 6.09 Å². The number of hydrogen-bond acceptors (Lipinski definition) is 4. The molecule has 3 aliphatic rings. The largest absolute Gasteiger partial charge is 0.444 e. The maximum Gasteiger partial charge on any atom is 0.410 e. The van der Waals surface area contributed by atoms with E-state index in [0.29, 0.717) is 29.5 Å². The summed E-state index contributed by atoms with van der Waals surface area (Å²) in [5.41, 5.74) is 0.327. The van der Waals surface area contributed by atoms with E-state index >= 15 is 0 Å². The topological polar surface area (TPSA) is 66.9 Å². The zero-order valence-corrected chi connectivity index (χ0v) is 15.4. The first-order valence-electron chi connectivity index (χ1n) is 9.21. The SMILES string of the molecule is CC(C)(C)OC(=O)N1CC2CCC2[C@H]1CN1C(=O)c2ccccc2C1=O. The molecule has 26 heavy (non-hydrogen) atoms. The molecule has 1 saturated carbocycles. The van der Waals surface area contributed by atoms with Crippen molar-refractivity contribution >= 4 is 17.9 Å². The lowest BCUT2D eigenvalue weighted by Gasteiger charge is -2.35. The molecule has 4 rings (SSSR count). The number of carbonyl (C=O) groups is 3. The third-order valence-electron chi connectivity index (χ3n) is 5.68. The van der Waals surface area contributed by atoms with Crippen molar-refractivity contribution in [2.75, 3.05) is 13.1 Å². The van der Waals surface area contributed by atoms with Gasteiger partial charge in [0.15, 0.2) is 0 Å². The van der Waals surface area contributed by atoms with Crippen LogP contribution in [0, 0.1) is 11.8 Å². The minimum Gasteiger partial charge on any atom is -0.444 e. The molecule has 6 nitrogen and oxygen atoms in total. The molecule has 0 spiro atoms. The molecule has 1 saturated heterocycles. The van der Waals surface area contributed by atoms with Crippen molar-refractivity contribution in [1.29, 1.82) is 0 Å².